The Balaban J connectivity index is 1.85. The van der Waals surface area contributed by atoms with Crippen molar-refractivity contribution in [3.63, 3.8) is 0 Å². The summed E-state index contributed by atoms with van der Waals surface area (Å²) in [4.78, 5) is 0. The van der Waals surface area contributed by atoms with Crippen LogP contribution < -0.4 is 9.47 Å². The van der Waals surface area contributed by atoms with Crippen LogP contribution in [0.25, 0.3) is 0 Å². The summed E-state index contributed by atoms with van der Waals surface area (Å²) >= 11 is 17.6. The standard InChI is InChI=1S/C18H29Cl3O2Si/c1-22-17-11-13-18(14-12-17)23-15-9-7-5-3-2-4-6-8-10-16-24(19,20)21/h11-14H,2-10,15-16H2,1H3. The second kappa shape index (κ2) is 13.2. The third-order valence-electron chi connectivity index (χ3n) is 3.93. The number of ether oxygens (including phenoxy) is 2. The van der Waals surface area contributed by atoms with Crippen molar-refractivity contribution < 1.29 is 9.47 Å². The van der Waals surface area contributed by atoms with Gasteiger partial charge < -0.3 is 9.47 Å². The molecule has 0 bridgehead atoms. The predicted octanol–water partition coefficient (Wildman–Crippen LogP) is 7.24. The summed E-state index contributed by atoms with van der Waals surface area (Å²) in [6.45, 7) is 0.785. The Morgan fingerprint density at radius 1 is 0.708 bits per heavy atom. The highest BCUT2D eigenvalue weighted by atomic mass is 35.8. The third kappa shape index (κ3) is 12.3. The zero-order valence-corrected chi connectivity index (χ0v) is 17.8. The molecule has 0 aliphatic carbocycles. The highest BCUT2D eigenvalue weighted by molar-refractivity contribution is 7.64. The molecule has 1 aromatic carbocycles. The summed E-state index contributed by atoms with van der Waals surface area (Å²) in [5.74, 6) is 1.77. The van der Waals surface area contributed by atoms with Gasteiger partial charge in [0.15, 0.2) is 0 Å². The topological polar surface area (TPSA) is 18.5 Å². The maximum absolute atomic E-state index is 5.86. The normalized spacial score (nSPS) is 11.5. The lowest BCUT2D eigenvalue weighted by Gasteiger charge is -2.07. The van der Waals surface area contributed by atoms with E-state index in [4.69, 9.17) is 42.7 Å². The van der Waals surface area contributed by atoms with E-state index in [1.165, 1.54) is 44.9 Å². The van der Waals surface area contributed by atoms with Crippen molar-refractivity contribution in [1.82, 2.24) is 0 Å². The van der Waals surface area contributed by atoms with E-state index in [2.05, 4.69) is 0 Å². The fourth-order valence-corrected chi connectivity index (χ4v) is 4.38. The Kier molecular flexibility index (Phi) is 12.0. The molecule has 0 atom stereocenters. The number of halogens is 3. The van der Waals surface area contributed by atoms with E-state index in [1.807, 2.05) is 24.3 Å². The number of methoxy groups -OCH3 is 1. The molecule has 1 rings (SSSR count). The van der Waals surface area contributed by atoms with Crippen LogP contribution in [-0.2, 0) is 0 Å². The van der Waals surface area contributed by atoms with Crippen LogP contribution in [0.2, 0.25) is 6.04 Å². The molecule has 138 valence electrons. The average Bonchev–Trinajstić information content (AvgIpc) is 2.55. The van der Waals surface area contributed by atoms with E-state index in [1.54, 1.807) is 7.11 Å². The van der Waals surface area contributed by atoms with Crippen molar-refractivity contribution in [1.29, 1.82) is 0 Å². The Bertz CT molecular complexity index is 421. The molecule has 6 heteroatoms. The van der Waals surface area contributed by atoms with Crippen molar-refractivity contribution in [2.75, 3.05) is 13.7 Å². The molecule has 0 fully saturated rings. The minimum absolute atomic E-state index is 0.785. The first-order valence-corrected chi connectivity index (χ1v) is 14.1. The zero-order chi connectivity index (χ0) is 17.7. The fraction of sp³-hybridized carbons (Fsp3) is 0.667. The SMILES string of the molecule is COc1ccc(OCCCCCCCCCCC[Si](Cl)(Cl)Cl)cc1. The van der Waals surface area contributed by atoms with Crippen LogP contribution >= 0.6 is 33.2 Å². The second-order valence-corrected chi connectivity index (χ2v) is 15.3. The monoisotopic (exact) mass is 410 g/mol. The maximum atomic E-state index is 5.86. The van der Waals surface area contributed by atoms with Gasteiger partial charge in [0, 0.05) is 0 Å². The molecule has 0 unspecified atom stereocenters. The van der Waals surface area contributed by atoms with Crippen LogP contribution in [0.1, 0.15) is 57.8 Å². The van der Waals surface area contributed by atoms with E-state index in [0.29, 0.717) is 0 Å². The van der Waals surface area contributed by atoms with Gasteiger partial charge in [-0.25, -0.2) is 0 Å². The van der Waals surface area contributed by atoms with Gasteiger partial charge in [-0.15, -0.1) is 33.2 Å². The molecule has 2 nitrogen and oxygen atoms in total. The minimum Gasteiger partial charge on any atom is -0.497 e. The molecule has 0 radical (unpaired) electrons. The van der Waals surface area contributed by atoms with Gasteiger partial charge in [-0.3, -0.25) is 0 Å². The molecule has 0 aliphatic heterocycles. The highest BCUT2D eigenvalue weighted by Gasteiger charge is 2.23. The van der Waals surface area contributed by atoms with Crippen LogP contribution in [0.15, 0.2) is 24.3 Å². The summed E-state index contributed by atoms with van der Waals surface area (Å²) in [7, 11) is 1.67. The molecule has 0 heterocycles. The van der Waals surface area contributed by atoms with Crippen molar-refractivity contribution >= 4 is 39.2 Å². The van der Waals surface area contributed by atoms with Crippen molar-refractivity contribution in [2.45, 2.75) is 63.8 Å². The molecule has 1 aromatic rings. The predicted molar refractivity (Wildman–Crippen MR) is 108 cm³/mol. The number of rotatable bonds is 14. The summed E-state index contributed by atoms with van der Waals surface area (Å²) in [5.41, 5.74) is 0. The summed E-state index contributed by atoms with van der Waals surface area (Å²) in [5, 5.41) is 0. The smallest absolute Gasteiger partial charge is 0.341 e. The largest absolute Gasteiger partial charge is 0.497 e. The van der Waals surface area contributed by atoms with Gasteiger partial charge in [-0.05, 0) is 36.7 Å². The van der Waals surface area contributed by atoms with Gasteiger partial charge in [0.1, 0.15) is 11.5 Å². The Labute approximate surface area is 161 Å². The van der Waals surface area contributed by atoms with E-state index in [-0.39, 0.29) is 0 Å². The quantitative estimate of drug-likeness (QED) is 0.182. The van der Waals surface area contributed by atoms with E-state index in [9.17, 15) is 0 Å². The molecular formula is C18H29Cl3O2Si. The van der Waals surface area contributed by atoms with Gasteiger partial charge in [0.25, 0.3) is 0 Å². The number of hydrogen-bond donors (Lipinski definition) is 0. The average molecular weight is 412 g/mol. The van der Waals surface area contributed by atoms with Crippen molar-refractivity contribution in [2.24, 2.45) is 0 Å². The van der Waals surface area contributed by atoms with E-state index >= 15 is 0 Å². The molecule has 0 aliphatic rings. The molecule has 24 heavy (non-hydrogen) atoms. The van der Waals surface area contributed by atoms with Crippen molar-refractivity contribution in [3.05, 3.63) is 24.3 Å². The third-order valence-corrected chi connectivity index (χ3v) is 6.55. The van der Waals surface area contributed by atoms with E-state index in [0.717, 1.165) is 37.0 Å². The second-order valence-electron chi connectivity index (χ2n) is 6.07. The van der Waals surface area contributed by atoms with Crippen LogP contribution in [0.4, 0.5) is 0 Å². The first-order valence-electron chi connectivity index (χ1n) is 8.85. The van der Waals surface area contributed by atoms with Gasteiger partial charge in [-0.1, -0.05) is 51.4 Å². The molecule has 0 aromatic heterocycles. The van der Waals surface area contributed by atoms with Gasteiger partial charge in [0.05, 0.1) is 13.7 Å². The zero-order valence-electron chi connectivity index (χ0n) is 14.5. The molecule has 0 amide bonds. The first kappa shape index (κ1) is 21.9. The Morgan fingerprint density at radius 2 is 1.17 bits per heavy atom. The lowest BCUT2D eigenvalue weighted by Crippen LogP contribution is -2.07. The molecule has 0 spiro atoms. The Morgan fingerprint density at radius 3 is 1.67 bits per heavy atom. The number of unbranched alkanes of at least 4 members (excludes halogenated alkanes) is 8. The maximum Gasteiger partial charge on any atom is 0.341 e. The lowest BCUT2D eigenvalue weighted by atomic mass is 10.1. The Hall–Kier alpha value is -0.0931. The van der Waals surface area contributed by atoms with Crippen LogP contribution in [0.3, 0.4) is 0 Å². The molecule has 0 N–H and O–H groups in total. The molecule has 0 saturated carbocycles. The lowest BCUT2D eigenvalue weighted by molar-refractivity contribution is 0.303. The van der Waals surface area contributed by atoms with Crippen LogP contribution in [0.5, 0.6) is 11.5 Å². The number of benzene rings is 1. The minimum atomic E-state index is -2.38. The van der Waals surface area contributed by atoms with Gasteiger partial charge >= 0.3 is 6.00 Å². The van der Waals surface area contributed by atoms with Crippen LogP contribution in [0, 0.1) is 0 Å². The summed E-state index contributed by atoms with van der Waals surface area (Å²) in [6.07, 6.45) is 11.1. The first-order chi connectivity index (χ1) is 11.5. The van der Waals surface area contributed by atoms with Gasteiger partial charge in [0.2, 0.25) is 0 Å². The molecule has 0 saturated heterocycles. The van der Waals surface area contributed by atoms with Gasteiger partial charge in [-0.2, -0.15) is 0 Å². The molecular weight excluding hydrogens is 383 g/mol. The summed E-state index contributed by atoms with van der Waals surface area (Å²) < 4.78 is 10.8. The highest BCUT2D eigenvalue weighted by Crippen LogP contribution is 2.27. The van der Waals surface area contributed by atoms with Crippen molar-refractivity contribution in [3.8, 4) is 11.5 Å². The number of hydrogen-bond acceptors (Lipinski definition) is 2. The van der Waals surface area contributed by atoms with E-state index < -0.39 is 6.00 Å². The fourth-order valence-electron chi connectivity index (χ4n) is 2.53. The summed E-state index contributed by atoms with van der Waals surface area (Å²) in [6, 6.07) is 6.16. The van der Waals surface area contributed by atoms with Crippen LogP contribution in [-0.4, -0.2) is 19.7 Å².